The van der Waals surface area contributed by atoms with Crippen LogP contribution in [-0.4, -0.2) is 10.9 Å². The van der Waals surface area contributed by atoms with Crippen LogP contribution in [0, 0.1) is 3.57 Å². The van der Waals surface area contributed by atoms with Crippen LogP contribution >= 0.6 is 22.6 Å². The molecule has 0 heterocycles. The van der Waals surface area contributed by atoms with Crippen LogP contribution in [0.4, 0.5) is 0 Å². The van der Waals surface area contributed by atoms with Crippen molar-refractivity contribution in [1.29, 1.82) is 0 Å². The van der Waals surface area contributed by atoms with Gasteiger partial charge in [-0.15, -0.1) is 0 Å². The van der Waals surface area contributed by atoms with Gasteiger partial charge in [-0.3, -0.25) is 9.59 Å². The number of halogens is 1. The molecule has 0 fully saturated rings. The van der Waals surface area contributed by atoms with E-state index in [4.69, 9.17) is 0 Å². The average molecular weight is 290 g/mol. The first-order valence-corrected chi connectivity index (χ1v) is 4.64. The third-order valence-corrected chi connectivity index (χ3v) is 2.42. The summed E-state index contributed by atoms with van der Waals surface area (Å²) in [7, 11) is 0. The van der Waals surface area contributed by atoms with Gasteiger partial charge in [0.25, 0.3) is 0 Å². The fourth-order valence-corrected chi connectivity index (χ4v) is 1.37. The van der Waals surface area contributed by atoms with Crippen molar-refractivity contribution in [3.8, 4) is 5.75 Å². The van der Waals surface area contributed by atoms with E-state index in [0.29, 0.717) is 3.57 Å². The Kier molecular flexibility index (Phi) is 3.02. The Bertz CT molecular complexity index is 412. The SMILES string of the molecule is CC(=O)c1cccc(I)c(=O)c1O. The summed E-state index contributed by atoms with van der Waals surface area (Å²) in [5.74, 6) is -0.788. The fourth-order valence-electron chi connectivity index (χ4n) is 0.903. The van der Waals surface area contributed by atoms with Crippen LogP contribution in [0.1, 0.15) is 17.3 Å². The van der Waals surface area contributed by atoms with Gasteiger partial charge in [0.2, 0.25) is 5.43 Å². The Morgan fingerprint density at radius 2 is 2.08 bits per heavy atom. The predicted octanol–water partition coefficient (Wildman–Crippen LogP) is 1.56. The van der Waals surface area contributed by atoms with Gasteiger partial charge in [-0.2, -0.15) is 0 Å². The largest absolute Gasteiger partial charge is 0.504 e. The number of hydrogen-bond acceptors (Lipinski definition) is 3. The fraction of sp³-hybridized carbons (Fsp3) is 0.111. The molecule has 3 nitrogen and oxygen atoms in total. The van der Waals surface area contributed by atoms with E-state index in [-0.39, 0.29) is 11.3 Å². The molecule has 68 valence electrons. The minimum absolute atomic E-state index is 0.0629. The molecule has 0 unspecified atom stereocenters. The van der Waals surface area contributed by atoms with Crippen LogP contribution in [0.25, 0.3) is 0 Å². The van der Waals surface area contributed by atoms with E-state index in [1.54, 1.807) is 12.1 Å². The maximum Gasteiger partial charge on any atom is 0.234 e. The number of rotatable bonds is 1. The maximum absolute atomic E-state index is 11.3. The maximum atomic E-state index is 11.3. The second kappa shape index (κ2) is 3.87. The molecule has 0 aliphatic heterocycles. The summed E-state index contributed by atoms with van der Waals surface area (Å²) >= 11 is 1.81. The molecule has 0 bridgehead atoms. The van der Waals surface area contributed by atoms with E-state index in [9.17, 15) is 14.7 Å². The summed E-state index contributed by atoms with van der Waals surface area (Å²) in [4.78, 5) is 22.3. The Morgan fingerprint density at radius 3 is 2.62 bits per heavy atom. The third kappa shape index (κ3) is 2.06. The first kappa shape index (κ1) is 10.2. The Morgan fingerprint density at radius 1 is 1.46 bits per heavy atom. The summed E-state index contributed by atoms with van der Waals surface area (Å²) in [6.07, 6.45) is 0. The molecule has 0 atom stereocenters. The third-order valence-electron chi connectivity index (χ3n) is 1.57. The van der Waals surface area contributed by atoms with Gasteiger partial charge in [-0.1, -0.05) is 6.07 Å². The molecule has 1 rings (SSSR count). The van der Waals surface area contributed by atoms with Crippen molar-refractivity contribution < 1.29 is 9.90 Å². The molecule has 0 radical (unpaired) electrons. The number of carbonyl (C=O) groups is 1. The predicted molar refractivity (Wildman–Crippen MR) is 57.1 cm³/mol. The second-order valence-corrected chi connectivity index (χ2v) is 3.68. The molecule has 0 aliphatic carbocycles. The zero-order chi connectivity index (χ0) is 10.0. The summed E-state index contributed by atoms with van der Waals surface area (Å²) < 4.78 is 0.391. The van der Waals surface area contributed by atoms with Gasteiger partial charge >= 0.3 is 0 Å². The van der Waals surface area contributed by atoms with Crippen LogP contribution in [0.5, 0.6) is 5.75 Å². The van der Waals surface area contributed by atoms with Crippen molar-refractivity contribution in [1.82, 2.24) is 0 Å². The van der Waals surface area contributed by atoms with E-state index in [0.717, 1.165) is 0 Å². The Balaban J connectivity index is 3.62. The topological polar surface area (TPSA) is 54.4 Å². The van der Waals surface area contributed by atoms with E-state index in [2.05, 4.69) is 0 Å². The average Bonchev–Trinajstić information content (AvgIpc) is 2.18. The highest BCUT2D eigenvalue weighted by Crippen LogP contribution is 2.12. The molecule has 0 saturated heterocycles. The normalized spacial score (nSPS) is 9.69. The molecule has 13 heavy (non-hydrogen) atoms. The zero-order valence-electron chi connectivity index (χ0n) is 6.87. The van der Waals surface area contributed by atoms with Crippen LogP contribution in [0.3, 0.4) is 0 Å². The van der Waals surface area contributed by atoms with Crippen molar-refractivity contribution in [2.75, 3.05) is 0 Å². The van der Waals surface area contributed by atoms with Gasteiger partial charge in [0.05, 0.1) is 9.13 Å². The number of hydrogen-bond donors (Lipinski definition) is 1. The minimum atomic E-state index is -0.504. The molecule has 0 spiro atoms. The molecule has 1 N–H and O–H groups in total. The summed E-state index contributed by atoms with van der Waals surface area (Å²) in [5.41, 5.74) is -0.441. The standard InChI is InChI=1S/C9H7IO3/c1-5(11)6-3-2-4-7(10)9(13)8(6)12/h2-4H,1H3,(H,12,13). The summed E-state index contributed by atoms with van der Waals surface area (Å²) in [5, 5.41) is 9.37. The van der Waals surface area contributed by atoms with Gasteiger partial charge < -0.3 is 5.11 Å². The van der Waals surface area contributed by atoms with Gasteiger partial charge in [0, 0.05) is 0 Å². The molecule has 0 aromatic heterocycles. The van der Waals surface area contributed by atoms with Crippen molar-refractivity contribution in [3.63, 3.8) is 0 Å². The second-order valence-electron chi connectivity index (χ2n) is 2.52. The lowest BCUT2D eigenvalue weighted by Crippen LogP contribution is -2.04. The van der Waals surface area contributed by atoms with E-state index >= 15 is 0 Å². The zero-order valence-corrected chi connectivity index (χ0v) is 9.03. The van der Waals surface area contributed by atoms with Gasteiger partial charge in [-0.05, 0) is 41.6 Å². The quantitative estimate of drug-likeness (QED) is 0.631. The molecular formula is C9H7IO3. The van der Waals surface area contributed by atoms with Crippen molar-refractivity contribution in [2.24, 2.45) is 0 Å². The van der Waals surface area contributed by atoms with Gasteiger partial charge in [-0.25, -0.2) is 0 Å². The molecule has 1 aromatic carbocycles. The number of aromatic hydroxyl groups is 1. The molecule has 1 aromatic rings. The first-order chi connectivity index (χ1) is 6.04. The number of ketones is 1. The minimum Gasteiger partial charge on any atom is -0.504 e. The first-order valence-electron chi connectivity index (χ1n) is 3.56. The Hall–Kier alpha value is -0.910. The van der Waals surface area contributed by atoms with E-state index < -0.39 is 11.2 Å². The van der Waals surface area contributed by atoms with Crippen LogP contribution in [-0.2, 0) is 0 Å². The summed E-state index contributed by atoms with van der Waals surface area (Å²) in [6.45, 7) is 1.31. The molecule has 0 aliphatic rings. The smallest absolute Gasteiger partial charge is 0.234 e. The highest BCUT2D eigenvalue weighted by atomic mass is 127. The summed E-state index contributed by atoms with van der Waals surface area (Å²) in [6, 6.07) is 4.55. The highest BCUT2D eigenvalue weighted by Gasteiger charge is 2.09. The van der Waals surface area contributed by atoms with Crippen LogP contribution in [0.2, 0.25) is 0 Å². The molecule has 0 saturated carbocycles. The monoisotopic (exact) mass is 290 g/mol. The van der Waals surface area contributed by atoms with Crippen molar-refractivity contribution in [2.45, 2.75) is 6.92 Å². The lowest BCUT2D eigenvalue weighted by atomic mass is 10.2. The van der Waals surface area contributed by atoms with E-state index in [1.165, 1.54) is 13.0 Å². The molecule has 4 heteroatoms. The van der Waals surface area contributed by atoms with Crippen LogP contribution in [0.15, 0.2) is 23.0 Å². The van der Waals surface area contributed by atoms with Gasteiger partial charge in [0.1, 0.15) is 0 Å². The Labute approximate surface area is 88.6 Å². The highest BCUT2D eigenvalue weighted by molar-refractivity contribution is 14.1. The van der Waals surface area contributed by atoms with Crippen LogP contribution < -0.4 is 5.43 Å². The van der Waals surface area contributed by atoms with E-state index in [1.807, 2.05) is 22.6 Å². The molecule has 0 amide bonds. The lowest BCUT2D eigenvalue weighted by Gasteiger charge is -1.92. The van der Waals surface area contributed by atoms with Gasteiger partial charge in [0.15, 0.2) is 11.5 Å². The number of carbonyl (C=O) groups excluding carboxylic acids is 1. The lowest BCUT2D eigenvalue weighted by molar-refractivity contribution is 0.101. The van der Waals surface area contributed by atoms with Crippen molar-refractivity contribution in [3.05, 3.63) is 37.6 Å². The molecular weight excluding hydrogens is 283 g/mol. The van der Waals surface area contributed by atoms with Crippen molar-refractivity contribution >= 4 is 28.4 Å². The number of Topliss-reactive ketones (excluding diaryl/α,β-unsaturated/α-hetero) is 1.